The zero-order valence-corrected chi connectivity index (χ0v) is 14.4. The summed E-state index contributed by atoms with van der Waals surface area (Å²) in [5.41, 5.74) is 0. The third kappa shape index (κ3) is 4.91. The number of piperidine rings is 2. The van der Waals surface area contributed by atoms with E-state index in [-0.39, 0.29) is 18.2 Å². The quantitative estimate of drug-likeness (QED) is 0.798. The first kappa shape index (κ1) is 18.2. The molecule has 1 amide bonds. The number of rotatable bonds is 5. The second-order valence-electron chi connectivity index (χ2n) is 6.61. The Morgan fingerprint density at radius 1 is 1.13 bits per heavy atom. The van der Waals surface area contributed by atoms with Crippen molar-refractivity contribution in [2.24, 2.45) is 5.92 Å². The Bertz CT molecular complexity index is 548. The fraction of sp³-hybridized carbons (Fsp3) is 0.867. The van der Waals surface area contributed by atoms with Crippen molar-refractivity contribution in [1.29, 1.82) is 0 Å². The second-order valence-corrected chi connectivity index (χ2v) is 8.55. The first-order valence-corrected chi connectivity index (χ1v) is 10.1. The molecule has 8 heteroatoms. The number of hydrogen-bond donors (Lipinski definition) is 1. The van der Waals surface area contributed by atoms with Crippen LogP contribution in [0.25, 0.3) is 0 Å². The molecule has 132 valence electrons. The van der Waals surface area contributed by atoms with Gasteiger partial charge in [-0.1, -0.05) is 6.42 Å². The summed E-state index contributed by atoms with van der Waals surface area (Å²) < 4.78 is 25.2. The Balaban J connectivity index is 2.01. The van der Waals surface area contributed by atoms with E-state index < -0.39 is 22.0 Å². The summed E-state index contributed by atoms with van der Waals surface area (Å²) in [6, 6.07) is -0.586. The summed E-state index contributed by atoms with van der Waals surface area (Å²) in [4.78, 5) is 25.2. The summed E-state index contributed by atoms with van der Waals surface area (Å²) >= 11 is 0. The number of nitrogens with zero attached hydrogens (tertiary/aromatic N) is 2. The fourth-order valence-electron chi connectivity index (χ4n) is 3.59. The van der Waals surface area contributed by atoms with Crippen LogP contribution in [-0.4, -0.2) is 66.5 Å². The summed E-state index contributed by atoms with van der Waals surface area (Å²) in [5, 5.41) is 8.79. The molecule has 0 unspecified atom stereocenters. The van der Waals surface area contributed by atoms with Gasteiger partial charge in [0.05, 0.1) is 6.26 Å². The lowest BCUT2D eigenvalue weighted by Crippen LogP contribution is -2.54. The molecule has 7 nitrogen and oxygen atoms in total. The topological polar surface area (TPSA) is 95.0 Å². The lowest BCUT2D eigenvalue weighted by molar-refractivity contribution is -0.138. The molecule has 2 fully saturated rings. The van der Waals surface area contributed by atoms with Gasteiger partial charge in [-0.2, -0.15) is 4.31 Å². The number of sulfonamides is 1. The molecule has 0 radical (unpaired) electrons. The highest BCUT2D eigenvalue weighted by molar-refractivity contribution is 7.88. The summed E-state index contributed by atoms with van der Waals surface area (Å²) in [5.74, 6) is -0.738. The molecule has 0 bridgehead atoms. The second kappa shape index (κ2) is 7.61. The number of aliphatic carboxylic acids is 1. The van der Waals surface area contributed by atoms with Crippen LogP contribution < -0.4 is 0 Å². The number of likely N-dealkylation sites (tertiary alicyclic amines) is 1. The molecule has 2 atom stereocenters. The zero-order chi connectivity index (χ0) is 17.0. The normalized spacial score (nSPS) is 26.9. The van der Waals surface area contributed by atoms with Gasteiger partial charge in [-0.05, 0) is 38.0 Å². The van der Waals surface area contributed by atoms with Crippen molar-refractivity contribution in [2.45, 2.75) is 51.0 Å². The number of carbonyl (C=O) groups excluding carboxylic acids is 1. The Kier molecular flexibility index (Phi) is 6.02. The van der Waals surface area contributed by atoms with E-state index in [0.29, 0.717) is 32.5 Å². The standard InChI is InChI=1S/C15H26N2O5S/c1-23(21,22)17-10-3-2-6-13(17)15(20)16-9-4-5-12(11-16)7-8-14(18)19/h12-13H,2-11H2,1H3,(H,18,19)/t12-,13+/m1/s1. The number of carboxylic acid groups (broad SMARTS) is 1. The smallest absolute Gasteiger partial charge is 0.303 e. The molecule has 2 saturated heterocycles. The van der Waals surface area contributed by atoms with Gasteiger partial charge in [0, 0.05) is 26.1 Å². The summed E-state index contributed by atoms with van der Waals surface area (Å²) in [7, 11) is -3.39. The molecule has 1 N–H and O–H groups in total. The lowest BCUT2D eigenvalue weighted by Gasteiger charge is -2.39. The number of carboxylic acids is 1. The maximum Gasteiger partial charge on any atom is 0.303 e. The van der Waals surface area contributed by atoms with E-state index in [1.54, 1.807) is 4.90 Å². The maximum absolute atomic E-state index is 12.8. The molecule has 0 aromatic carbocycles. The first-order chi connectivity index (χ1) is 10.8. The van der Waals surface area contributed by atoms with Gasteiger partial charge >= 0.3 is 5.97 Å². The van der Waals surface area contributed by atoms with E-state index in [1.165, 1.54) is 4.31 Å². The Labute approximate surface area is 137 Å². The molecule has 2 rings (SSSR count). The fourth-order valence-corrected chi connectivity index (χ4v) is 4.71. The molecule has 23 heavy (non-hydrogen) atoms. The number of amides is 1. The summed E-state index contributed by atoms with van der Waals surface area (Å²) in [6.45, 7) is 1.59. The van der Waals surface area contributed by atoms with Gasteiger partial charge in [0.15, 0.2) is 0 Å². The molecule has 0 aromatic rings. The molecule has 0 aromatic heterocycles. The van der Waals surface area contributed by atoms with Crippen molar-refractivity contribution >= 4 is 21.9 Å². The third-order valence-electron chi connectivity index (χ3n) is 4.76. The van der Waals surface area contributed by atoms with E-state index in [9.17, 15) is 18.0 Å². The van der Waals surface area contributed by atoms with Crippen LogP contribution >= 0.6 is 0 Å². The minimum atomic E-state index is -3.39. The highest BCUT2D eigenvalue weighted by atomic mass is 32.2. The van der Waals surface area contributed by atoms with Gasteiger partial charge in [0.2, 0.25) is 15.9 Å². The molecule has 0 spiro atoms. The molecule has 0 aliphatic carbocycles. The van der Waals surface area contributed by atoms with Gasteiger partial charge in [-0.15, -0.1) is 0 Å². The molecule has 2 aliphatic heterocycles. The van der Waals surface area contributed by atoms with Gasteiger partial charge in [-0.3, -0.25) is 9.59 Å². The van der Waals surface area contributed by atoms with E-state index in [2.05, 4.69) is 0 Å². The van der Waals surface area contributed by atoms with Crippen LogP contribution in [0.4, 0.5) is 0 Å². The van der Waals surface area contributed by atoms with E-state index >= 15 is 0 Å². The molecular weight excluding hydrogens is 320 g/mol. The molecule has 2 aliphatic rings. The lowest BCUT2D eigenvalue weighted by atomic mass is 9.92. The van der Waals surface area contributed by atoms with E-state index in [0.717, 1.165) is 31.9 Å². The van der Waals surface area contributed by atoms with Crippen LogP contribution in [-0.2, 0) is 19.6 Å². The largest absolute Gasteiger partial charge is 0.481 e. The van der Waals surface area contributed by atoms with Crippen LogP contribution in [0.2, 0.25) is 0 Å². The van der Waals surface area contributed by atoms with Crippen LogP contribution in [0, 0.1) is 5.92 Å². The number of hydrogen-bond acceptors (Lipinski definition) is 4. The highest BCUT2D eigenvalue weighted by Gasteiger charge is 2.37. The van der Waals surface area contributed by atoms with Crippen molar-refractivity contribution in [3.05, 3.63) is 0 Å². The first-order valence-electron chi connectivity index (χ1n) is 8.26. The summed E-state index contributed by atoms with van der Waals surface area (Å²) in [6.07, 6.45) is 5.84. The van der Waals surface area contributed by atoms with E-state index in [1.807, 2.05) is 0 Å². The predicted octanol–water partition coefficient (Wildman–Crippen LogP) is 0.904. The van der Waals surface area contributed by atoms with Crippen molar-refractivity contribution in [3.8, 4) is 0 Å². The van der Waals surface area contributed by atoms with Gasteiger partial charge < -0.3 is 10.0 Å². The van der Waals surface area contributed by atoms with Crippen LogP contribution in [0.15, 0.2) is 0 Å². The van der Waals surface area contributed by atoms with Crippen molar-refractivity contribution in [1.82, 2.24) is 9.21 Å². The van der Waals surface area contributed by atoms with Gasteiger partial charge in [0.1, 0.15) is 6.04 Å². The molecule has 0 saturated carbocycles. The Morgan fingerprint density at radius 2 is 1.87 bits per heavy atom. The Morgan fingerprint density at radius 3 is 2.52 bits per heavy atom. The van der Waals surface area contributed by atoms with Crippen molar-refractivity contribution in [3.63, 3.8) is 0 Å². The van der Waals surface area contributed by atoms with Crippen LogP contribution in [0.3, 0.4) is 0 Å². The minimum Gasteiger partial charge on any atom is -0.481 e. The van der Waals surface area contributed by atoms with E-state index in [4.69, 9.17) is 5.11 Å². The highest BCUT2D eigenvalue weighted by Crippen LogP contribution is 2.26. The zero-order valence-electron chi connectivity index (χ0n) is 13.6. The van der Waals surface area contributed by atoms with Crippen molar-refractivity contribution < 1.29 is 23.1 Å². The third-order valence-corrected chi connectivity index (χ3v) is 6.05. The SMILES string of the molecule is CS(=O)(=O)N1CCCC[C@H]1C(=O)N1CCC[C@H](CCC(=O)O)C1. The average Bonchev–Trinajstić information content (AvgIpc) is 2.51. The number of carbonyl (C=O) groups is 2. The Hall–Kier alpha value is -1.15. The van der Waals surface area contributed by atoms with Crippen LogP contribution in [0.5, 0.6) is 0 Å². The predicted molar refractivity (Wildman–Crippen MR) is 85.4 cm³/mol. The molecule has 2 heterocycles. The van der Waals surface area contributed by atoms with Crippen LogP contribution in [0.1, 0.15) is 44.9 Å². The monoisotopic (exact) mass is 346 g/mol. The van der Waals surface area contributed by atoms with Crippen molar-refractivity contribution in [2.75, 3.05) is 25.9 Å². The van der Waals surface area contributed by atoms with Gasteiger partial charge in [-0.25, -0.2) is 8.42 Å². The minimum absolute atomic E-state index is 0.116. The average molecular weight is 346 g/mol. The molecular formula is C15H26N2O5S. The maximum atomic E-state index is 12.8. The van der Waals surface area contributed by atoms with Gasteiger partial charge in [0.25, 0.3) is 0 Å².